The molecule has 1 amide bonds. The first-order valence-corrected chi connectivity index (χ1v) is 8.59. The van der Waals surface area contributed by atoms with Crippen molar-refractivity contribution in [2.24, 2.45) is 5.92 Å². The predicted octanol–water partition coefficient (Wildman–Crippen LogP) is 2.99. The van der Waals surface area contributed by atoms with E-state index in [1.54, 1.807) is 11.3 Å². The van der Waals surface area contributed by atoms with Crippen molar-refractivity contribution in [1.29, 1.82) is 0 Å². The Morgan fingerprint density at radius 3 is 2.75 bits per heavy atom. The summed E-state index contributed by atoms with van der Waals surface area (Å²) in [5.41, 5.74) is -1.06. The lowest BCUT2D eigenvalue weighted by atomic mass is 9.77. The van der Waals surface area contributed by atoms with Gasteiger partial charge in [0, 0.05) is 0 Å². The molecular formula is C14H19NO3S2. The van der Waals surface area contributed by atoms with Crippen molar-refractivity contribution in [3.8, 4) is 0 Å². The Hall–Kier alpha value is -1.01. The second-order valence-corrected chi connectivity index (χ2v) is 7.56. The largest absolute Gasteiger partial charge is 0.480 e. The third-order valence-corrected chi connectivity index (χ3v) is 5.89. The monoisotopic (exact) mass is 313 g/mol. The molecule has 1 aliphatic rings. The molecule has 20 heavy (non-hydrogen) atoms. The zero-order valence-corrected chi connectivity index (χ0v) is 13.1. The molecular weight excluding hydrogens is 294 g/mol. The fourth-order valence-corrected chi connectivity index (χ4v) is 4.02. The molecule has 1 heterocycles. The van der Waals surface area contributed by atoms with Crippen LogP contribution in [0.2, 0.25) is 0 Å². The Bertz CT molecular complexity index is 465. The molecule has 2 rings (SSSR count). The zero-order valence-electron chi connectivity index (χ0n) is 11.4. The van der Waals surface area contributed by atoms with Crippen LogP contribution < -0.4 is 5.32 Å². The van der Waals surface area contributed by atoms with Gasteiger partial charge in [-0.2, -0.15) is 0 Å². The average Bonchev–Trinajstić information content (AvgIpc) is 2.92. The fourth-order valence-electron chi connectivity index (χ4n) is 2.43. The Morgan fingerprint density at radius 1 is 1.50 bits per heavy atom. The van der Waals surface area contributed by atoms with Crippen LogP contribution in [0.25, 0.3) is 0 Å². The van der Waals surface area contributed by atoms with Gasteiger partial charge >= 0.3 is 5.97 Å². The maximum Gasteiger partial charge on any atom is 0.329 e. The van der Waals surface area contributed by atoms with Crippen LogP contribution in [0, 0.1) is 5.92 Å². The predicted molar refractivity (Wildman–Crippen MR) is 81.2 cm³/mol. The Balaban J connectivity index is 1.91. The van der Waals surface area contributed by atoms with E-state index in [0.29, 0.717) is 18.8 Å². The molecule has 0 spiro atoms. The van der Waals surface area contributed by atoms with E-state index in [2.05, 4.69) is 12.2 Å². The number of carbonyl (C=O) groups excluding carboxylic acids is 1. The van der Waals surface area contributed by atoms with Crippen LogP contribution in [0.15, 0.2) is 21.7 Å². The molecule has 110 valence electrons. The molecule has 4 nitrogen and oxygen atoms in total. The first-order chi connectivity index (χ1) is 9.52. The Kier molecular flexibility index (Phi) is 5.10. The lowest BCUT2D eigenvalue weighted by molar-refractivity contribution is -0.149. The first-order valence-electron chi connectivity index (χ1n) is 6.72. The summed E-state index contributed by atoms with van der Waals surface area (Å²) in [6, 6.07) is 3.89. The third kappa shape index (κ3) is 3.76. The van der Waals surface area contributed by atoms with Gasteiger partial charge in [0.25, 0.3) is 0 Å². The maximum absolute atomic E-state index is 12.0. The highest BCUT2D eigenvalue weighted by Gasteiger charge is 2.42. The van der Waals surface area contributed by atoms with Gasteiger partial charge in [0.05, 0.1) is 9.96 Å². The van der Waals surface area contributed by atoms with Crippen LogP contribution in [0.1, 0.15) is 32.6 Å². The van der Waals surface area contributed by atoms with Gasteiger partial charge in [0.1, 0.15) is 5.54 Å². The summed E-state index contributed by atoms with van der Waals surface area (Å²) in [6.07, 6.45) is 2.76. The fraction of sp³-hybridized carbons (Fsp3) is 0.571. The van der Waals surface area contributed by atoms with E-state index in [1.807, 2.05) is 17.5 Å². The molecule has 1 fully saturated rings. The highest BCUT2D eigenvalue weighted by atomic mass is 32.2. The molecule has 0 unspecified atom stereocenters. The summed E-state index contributed by atoms with van der Waals surface area (Å²) in [7, 11) is 0. The minimum absolute atomic E-state index is 0.194. The molecule has 1 aliphatic carbocycles. The van der Waals surface area contributed by atoms with Crippen molar-refractivity contribution < 1.29 is 14.7 Å². The number of carbonyl (C=O) groups is 2. The highest BCUT2D eigenvalue weighted by Crippen LogP contribution is 2.32. The number of amides is 1. The van der Waals surface area contributed by atoms with Crippen LogP contribution in [0.3, 0.4) is 0 Å². The minimum Gasteiger partial charge on any atom is -0.480 e. The molecule has 1 aromatic heterocycles. The van der Waals surface area contributed by atoms with Crippen LogP contribution in [0.5, 0.6) is 0 Å². The topological polar surface area (TPSA) is 66.4 Å². The highest BCUT2D eigenvalue weighted by molar-refractivity contribution is 8.01. The van der Waals surface area contributed by atoms with Crippen LogP contribution in [0.4, 0.5) is 0 Å². The van der Waals surface area contributed by atoms with Crippen LogP contribution >= 0.6 is 23.1 Å². The number of thioether (sulfide) groups is 1. The van der Waals surface area contributed by atoms with E-state index in [0.717, 1.165) is 17.1 Å². The molecule has 0 bridgehead atoms. The maximum atomic E-state index is 12.0. The first kappa shape index (κ1) is 15.4. The third-order valence-electron chi connectivity index (χ3n) is 3.76. The second-order valence-electron chi connectivity index (χ2n) is 5.34. The van der Waals surface area contributed by atoms with Crippen molar-refractivity contribution in [3.63, 3.8) is 0 Å². The second kappa shape index (κ2) is 6.63. The number of nitrogens with one attached hydrogen (secondary N) is 1. The van der Waals surface area contributed by atoms with Crippen molar-refractivity contribution >= 4 is 35.0 Å². The smallest absolute Gasteiger partial charge is 0.329 e. The summed E-state index contributed by atoms with van der Waals surface area (Å²) in [5.74, 6) is -0.287. The summed E-state index contributed by atoms with van der Waals surface area (Å²) in [4.78, 5) is 23.5. The van der Waals surface area contributed by atoms with Gasteiger partial charge in [-0.15, -0.1) is 23.1 Å². The lowest BCUT2D eigenvalue weighted by Crippen LogP contribution is -2.56. The SMILES string of the molecule is CC1CCC(NC(=O)CSc2cccs2)(C(=O)O)CC1. The van der Waals surface area contributed by atoms with Crippen molar-refractivity contribution in [1.82, 2.24) is 5.32 Å². The Morgan fingerprint density at radius 2 is 2.20 bits per heavy atom. The quantitative estimate of drug-likeness (QED) is 0.820. The van der Waals surface area contributed by atoms with Crippen molar-refractivity contribution in [2.45, 2.75) is 42.4 Å². The molecule has 0 atom stereocenters. The molecule has 0 saturated heterocycles. The molecule has 0 aliphatic heterocycles. The van der Waals surface area contributed by atoms with Gasteiger partial charge in [0.15, 0.2) is 0 Å². The zero-order chi connectivity index (χ0) is 14.6. The summed E-state index contributed by atoms with van der Waals surface area (Å²) in [5, 5.41) is 14.2. The molecule has 0 radical (unpaired) electrons. The number of hydrogen-bond acceptors (Lipinski definition) is 4. The summed E-state index contributed by atoms with van der Waals surface area (Å²) >= 11 is 3.03. The number of aliphatic carboxylic acids is 1. The molecule has 0 aromatic carbocycles. The standard InChI is InChI=1S/C14H19NO3S2/c1-10-4-6-14(7-5-10,13(17)18)15-11(16)9-20-12-3-2-8-19-12/h2-3,8,10H,4-7,9H2,1H3,(H,15,16)(H,17,18). The van der Waals surface area contributed by atoms with Crippen molar-refractivity contribution in [3.05, 3.63) is 17.5 Å². The van der Waals surface area contributed by atoms with E-state index in [4.69, 9.17) is 0 Å². The van der Waals surface area contributed by atoms with Crippen LogP contribution in [-0.2, 0) is 9.59 Å². The van der Waals surface area contributed by atoms with E-state index in [-0.39, 0.29) is 11.7 Å². The molecule has 1 saturated carbocycles. The van der Waals surface area contributed by atoms with Crippen molar-refractivity contribution in [2.75, 3.05) is 5.75 Å². The van der Waals surface area contributed by atoms with Gasteiger partial charge in [-0.25, -0.2) is 4.79 Å². The molecule has 6 heteroatoms. The lowest BCUT2D eigenvalue weighted by Gasteiger charge is -2.36. The normalized spacial score (nSPS) is 26.1. The minimum atomic E-state index is -1.06. The van der Waals surface area contributed by atoms with E-state index in [1.165, 1.54) is 11.8 Å². The summed E-state index contributed by atoms with van der Waals surface area (Å²) < 4.78 is 1.07. The van der Waals surface area contributed by atoms with Gasteiger partial charge in [-0.05, 0) is 43.0 Å². The molecule has 1 aromatic rings. The van der Waals surface area contributed by atoms with Gasteiger partial charge in [0.2, 0.25) is 5.91 Å². The number of rotatable bonds is 5. The average molecular weight is 313 g/mol. The Labute approximate surface area is 127 Å². The summed E-state index contributed by atoms with van der Waals surface area (Å²) in [6.45, 7) is 2.13. The number of carboxylic acid groups (broad SMARTS) is 1. The van der Waals surface area contributed by atoms with E-state index >= 15 is 0 Å². The van der Waals surface area contributed by atoms with Gasteiger partial charge in [-0.1, -0.05) is 13.0 Å². The van der Waals surface area contributed by atoms with Crippen LogP contribution in [-0.4, -0.2) is 28.3 Å². The van der Waals surface area contributed by atoms with E-state index in [9.17, 15) is 14.7 Å². The number of thiophene rings is 1. The number of carboxylic acids is 1. The van der Waals surface area contributed by atoms with E-state index < -0.39 is 11.5 Å². The van der Waals surface area contributed by atoms with Gasteiger partial charge in [-0.3, -0.25) is 4.79 Å². The van der Waals surface area contributed by atoms with Gasteiger partial charge < -0.3 is 10.4 Å². The molecule has 2 N–H and O–H groups in total. The number of hydrogen-bond donors (Lipinski definition) is 2.